The van der Waals surface area contributed by atoms with Crippen molar-refractivity contribution in [2.24, 2.45) is 0 Å². The Labute approximate surface area is 91.3 Å². The molecule has 2 rings (SSSR count). The van der Waals surface area contributed by atoms with Gasteiger partial charge in [-0.25, -0.2) is 12.8 Å². The van der Waals surface area contributed by atoms with Gasteiger partial charge in [0.25, 0.3) is 0 Å². The molecule has 2 aromatic rings. The van der Waals surface area contributed by atoms with Crippen molar-refractivity contribution in [2.75, 3.05) is 6.26 Å². The van der Waals surface area contributed by atoms with E-state index in [1.165, 1.54) is 17.4 Å². The summed E-state index contributed by atoms with van der Waals surface area (Å²) in [5.74, 6) is -0.458. The maximum atomic E-state index is 13.5. The molecular weight excluding hydrogens is 235 g/mol. The molecule has 0 bridgehead atoms. The SMILES string of the molecule is CS(=O)(=O)Cc1csc2cccc(F)c12. The predicted molar refractivity (Wildman–Crippen MR) is 60.3 cm³/mol. The molecular formula is C10H9FO2S2. The van der Waals surface area contributed by atoms with Gasteiger partial charge in [0.15, 0.2) is 9.84 Å². The second-order valence-electron chi connectivity index (χ2n) is 3.44. The molecule has 0 N–H and O–H groups in total. The topological polar surface area (TPSA) is 34.1 Å². The molecule has 0 saturated heterocycles. The van der Waals surface area contributed by atoms with Crippen molar-refractivity contribution >= 4 is 31.3 Å². The molecule has 0 spiro atoms. The highest BCUT2D eigenvalue weighted by Crippen LogP contribution is 2.29. The Kier molecular flexibility index (Phi) is 2.52. The van der Waals surface area contributed by atoms with Crippen LogP contribution in [-0.2, 0) is 15.6 Å². The van der Waals surface area contributed by atoms with E-state index in [4.69, 9.17) is 0 Å². The van der Waals surface area contributed by atoms with E-state index in [0.717, 1.165) is 11.0 Å². The average Bonchev–Trinajstić information content (AvgIpc) is 2.47. The number of halogens is 1. The zero-order chi connectivity index (χ0) is 11.1. The van der Waals surface area contributed by atoms with Gasteiger partial charge >= 0.3 is 0 Å². The van der Waals surface area contributed by atoms with E-state index in [1.54, 1.807) is 17.5 Å². The second-order valence-corrected chi connectivity index (χ2v) is 6.50. The second kappa shape index (κ2) is 3.57. The lowest BCUT2D eigenvalue weighted by Gasteiger charge is -1.98. The van der Waals surface area contributed by atoms with Gasteiger partial charge in [0.2, 0.25) is 0 Å². The molecule has 15 heavy (non-hydrogen) atoms. The van der Waals surface area contributed by atoms with E-state index < -0.39 is 9.84 Å². The lowest BCUT2D eigenvalue weighted by molar-refractivity contribution is 0.601. The van der Waals surface area contributed by atoms with Crippen LogP contribution in [0.2, 0.25) is 0 Å². The number of hydrogen-bond donors (Lipinski definition) is 0. The van der Waals surface area contributed by atoms with Crippen LogP contribution in [-0.4, -0.2) is 14.7 Å². The van der Waals surface area contributed by atoms with Gasteiger partial charge in [0, 0.05) is 16.3 Å². The molecule has 0 radical (unpaired) electrons. The molecule has 80 valence electrons. The van der Waals surface area contributed by atoms with E-state index in [-0.39, 0.29) is 11.6 Å². The number of sulfone groups is 1. The van der Waals surface area contributed by atoms with Crippen LogP contribution in [0.25, 0.3) is 10.1 Å². The first-order valence-electron chi connectivity index (χ1n) is 4.30. The van der Waals surface area contributed by atoms with E-state index in [2.05, 4.69) is 0 Å². The standard InChI is InChI=1S/C10H9FO2S2/c1-15(12,13)6-7-5-14-9-4-2-3-8(11)10(7)9/h2-5H,6H2,1H3. The van der Waals surface area contributed by atoms with Gasteiger partial charge in [-0.05, 0) is 23.1 Å². The maximum Gasteiger partial charge on any atom is 0.151 e. The van der Waals surface area contributed by atoms with Crippen LogP contribution < -0.4 is 0 Å². The third-order valence-electron chi connectivity index (χ3n) is 2.04. The minimum absolute atomic E-state index is 0.103. The fraction of sp³-hybridized carbons (Fsp3) is 0.200. The molecule has 5 heteroatoms. The Hall–Kier alpha value is -0.940. The quantitative estimate of drug-likeness (QED) is 0.813. The molecule has 1 aromatic heterocycles. The molecule has 1 heterocycles. The summed E-state index contributed by atoms with van der Waals surface area (Å²) in [6, 6.07) is 4.76. The van der Waals surface area contributed by atoms with Crippen molar-refractivity contribution in [1.82, 2.24) is 0 Å². The first-order valence-corrected chi connectivity index (χ1v) is 7.24. The highest BCUT2D eigenvalue weighted by Gasteiger charge is 2.12. The molecule has 2 nitrogen and oxygen atoms in total. The summed E-state index contributed by atoms with van der Waals surface area (Å²) < 4.78 is 36.5. The van der Waals surface area contributed by atoms with Crippen LogP contribution in [0.3, 0.4) is 0 Å². The number of fused-ring (bicyclic) bond motifs is 1. The Morgan fingerprint density at radius 1 is 1.40 bits per heavy atom. The minimum Gasteiger partial charge on any atom is -0.229 e. The Bertz CT molecular complexity index is 599. The number of benzene rings is 1. The lowest BCUT2D eigenvalue weighted by atomic mass is 10.2. The number of rotatable bonds is 2. The Morgan fingerprint density at radius 3 is 2.80 bits per heavy atom. The monoisotopic (exact) mass is 244 g/mol. The number of hydrogen-bond acceptors (Lipinski definition) is 3. The largest absolute Gasteiger partial charge is 0.229 e. The molecule has 0 atom stereocenters. The molecule has 0 saturated carbocycles. The maximum absolute atomic E-state index is 13.5. The third-order valence-corrected chi connectivity index (χ3v) is 3.87. The van der Waals surface area contributed by atoms with Crippen molar-refractivity contribution in [3.63, 3.8) is 0 Å². The fourth-order valence-electron chi connectivity index (χ4n) is 1.50. The Balaban J connectivity index is 2.63. The van der Waals surface area contributed by atoms with E-state index in [9.17, 15) is 12.8 Å². The molecule has 0 fully saturated rings. The van der Waals surface area contributed by atoms with Crippen LogP contribution in [0.5, 0.6) is 0 Å². The molecule has 0 aliphatic heterocycles. The van der Waals surface area contributed by atoms with Gasteiger partial charge < -0.3 is 0 Å². The van der Waals surface area contributed by atoms with Crippen LogP contribution in [0.4, 0.5) is 4.39 Å². The van der Waals surface area contributed by atoms with Crippen molar-refractivity contribution in [3.05, 3.63) is 35.0 Å². The summed E-state index contributed by atoms with van der Waals surface area (Å²) in [5.41, 5.74) is 0.551. The van der Waals surface area contributed by atoms with Crippen LogP contribution in [0, 0.1) is 5.82 Å². The average molecular weight is 244 g/mol. The lowest BCUT2D eigenvalue weighted by Crippen LogP contribution is -2.00. The number of thiophene rings is 1. The van der Waals surface area contributed by atoms with E-state index in [0.29, 0.717) is 10.9 Å². The van der Waals surface area contributed by atoms with Gasteiger partial charge in [-0.1, -0.05) is 6.07 Å². The van der Waals surface area contributed by atoms with E-state index >= 15 is 0 Å². The normalized spacial score (nSPS) is 12.1. The summed E-state index contributed by atoms with van der Waals surface area (Å²) in [6.45, 7) is 0. The third kappa shape index (κ3) is 2.18. The summed E-state index contributed by atoms with van der Waals surface area (Å²) in [6.07, 6.45) is 1.15. The fourth-order valence-corrected chi connectivity index (χ4v) is 3.37. The van der Waals surface area contributed by atoms with Crippen molar-refractivity contribution in [2.45, 2.75) is 5.75 Å². The summed E-state index contributed by atoms with van der Waals surface area (Å²) in [4.78, 5) is 0. The molecule has 1 aromatic carbocycles. The van der Waals surface area contributed by atoms with Crippen LogP contribution in [0.1, 0.15) is 5.56 Å². The van der Waals surface area contributed by atoms with Crippen molar-refractivity contribution < 1.29 is 12.8 Å². The van der Waals surface area contributed by atoms with Gasteiger partial charge in [-0.3, -0.25) is 0 Å². The Morgan fingerprint density at radius 2 is 2.13 bits per heavy atom. The predicted octanol–water partition coefficient (Wildman–Crippen LogP) is 2.59. The smallest absolute Gasteiger partial charge is 0.151 e. The van der Waals surface area contributed by atoms with Crippen LogP contribution >= 0.6 is 11.3 Å². The van der Waals surface area contributed by atoms with E-state index in [1.807, 2.05) is 0 Å². The van der Waals surface area contributed by atoms with Gasteiger partial charge in [0.1, 0.15) is 5.82 Å². The van der Waals surface area contributed by atoms with Gasteiger partial charge in [-0.2, -0.15) is 0 Å². The minimum atomic E-state index is -3.12. The van der Waals surface area contributed by atoms with Crippen molar-refractivity contribution in [1.29, 1.82) is 0 Å². The molecule has 0 amide bonds. The first-order chi connectivity index (χ1) is 6.97. The van der Waals surface area contributed by atoms with Gasteiger partial charge in [-0.15, -0.1) is 11.3 Å². The summed E-state index contributed by atoms with van der Waals surface area (Å²) in [7, 11) is -3.12. The van der Waals surface area contributed by atoms with Crippen LogP contribution in [0.15, 0.2) is 23.6 Å². The van der Waals surface area contributed by atoms with Crippen molar-refractivity contribution in [3.8, 4) is 0 Å². The molecule has 0 aliphatic rings. The summed E-state index contributed by atoms with van der Waals surface area (Å²) in [5, 5.41) is 2.14. The molecule has 0 aliphatic carbocycles. The van der Waals surface area contributed by atoms with Gasteiger partial charge in [0.05, 0.1) is 5.75 Å². The zero-order valence-electron chi connectivity index (χ0n) is 8.03. The summed E-state index contributed by atoms with van der Waals surface area (Å²) >= 11 is 1.36. The highest BCUT2D eigenvalue weighted by atomic mass is 32.2. The highest BCUT2D eigenvalue weighted by molar-refractivity contribution is 7.89. The zero-order valence-corrected chi connectivity index (χ0v) is 9.66. The first kappa shape index (κ1) is 10.6. The molecule has 0 unspecified atom stereocenters.